The van der Waals surface area contributed by atoms with Gasteiger partial charge in [0.25, 0.3) is 5.91 Å². The van der Waals surface area contributed by atoms with Crippen LogP contribution in [0.5, 0.6) is 0 Å². The summed E-state index contributed by atoms with van der Waals surface area (Å²) < 4.78 is 1.73. The second kappa shape index (κ2) is 8.75. The van der Waals surface area contributed by atoms with Crippen molar-refractivity contribution in [3.8, 4) is 6.07 Å². The number of nitrogens with zero attached hydrogens (tertiary/aromatic N) is 5. The second-order valence-electron chi connectivity index (χ2n) is 10.1. The van der Waals surface area contributed by atoms with Crippen LogP contribution in [0.25, 0.3) is 0 Å². The van der Waals surface area contributed by atoms with Crippen molar-refractivity contribution in [1.82, 2.24) is 20.1 Å². The van der Waals surface area contributed by atoms with Crippen LogP contribution >= 0.6 is 11.6 Å². The highest BCUT2D eigenvalue weighted by atomic mass is 35.5. The molecule has 1 N–H and O–H groups in total. The number of piperidine rings is 1. The minimum Gasteiger partial charge on any atom is -0.349 e. The minimum atomic E-state index is -0.160. The van der Waals surface area contributed by atoms with Crippen molar-refractivity contribution in [3.63, 3.8) is 0 Å². The summed E-state index contributed by atoms with van der Waals surface area (Å²) >= 11 is 6.11. The monoisotopic (exact) mass is 500 g/mol. The third-order valence-electron chi connectivity index (χ3n) is 7.68. The summed E-state index contributed by atoms with van der Waals surface area (Å²) in [7, 11) is 0. The van der Waals surface area contributed by atoms with Gasteiger partial charge in [0, 0.05) is 35.9 Å². The third-order valence-corrected chi connectivity index (χ3v) is 7.91. The van der Waals surface area contributed by atoms with Gasteiger partial charge in [-0.3, -0.25) is 19.2 Å². The summed E-state index contributed by atoms with van der Waals surface area (Å²) in [6.45, 7) is 3.26. The maximum absolute atomic E-state index is 12.8. The lowest BCUT2D eigenvalue weighted by Gasteiger charge is -2.36. The third kappa shape index (κ3) is 4.14. The van der Waals surface area contributed by atoms with E-state index in [0.29, 0.717) is 34.4 Å². The van der Waals surface area contributed by atoms with Crippen molar-refractivity contribution in [2.45, 2.75) is 44.7 Å². The van der Waals surface area contributed by atoms with Crippen molar-refractivity contribution in [3.05, 3.63) is 75.7 Å². The molecule has 3 fully saturated rings. The van der Waals surface area contributed by atoms with E-state index < -0.39 is 0 Å². The Morgan fingerprint density at radius 2 is 2.08 bits per heavy atom. The van der Waals surface area contributed by atoms with Crippen LogP contribution in [0.4, 0.5) is 5.82 Å². The van der Waals surface area contributed by atoms with E-state index >= 15 is 0 Å². The van der Waals surface area contributed by atoms with Gasteiger partial charge >= 0.3 is 0 Å². The normalized spacial score (nSPS) is 24.1. The molecule has 3 aliphatic rings. The van der Waals surface area contributed by atoms with Crippen LogP contribution in [0.1, 0.15) is 57.8 Å². The van der Waals surface area contributed by atoms with Gasteiger partial charge < -0.3 is 5.32 Å². The van der Waals surface area contributed by atoms with Crippen molar-refractivity contribution >= 4 is 29.2 Å². The fourth-order valence-corrected chi connectivity index (χ4v) is 5.52. The van der Waals surface area contributed by atoms with Crippen molar-refractivity contribution in [2.75, 3.05) is 11.4 Å². The number of pyridine rings is 1. The molecule has 2 aliphatic carbocycles. The molecule has 9 heteroatoms. The van der Waals surface area contributed by atoms with E-state index in [1.54, 1.807) is 40.3 Å². The molecule has 36 heavy (non-hydrogen) atoms. The maximum Gasteiger partial charge on any atom is 0.254 e. The molecule has 0 bridgehead atoms. The van der Waals surface area contributed by atoms with Crippen molar-refractivity contribution in [2.24, 2.45) is 11.8 Å². The average Bonchev–Trinajstić information content (AvgIpc) is 3.33. The molecule has 2 amide bonds. The van der Waals surface area contributed by atoms with Gasteiger partial charge in [-0.2, -0.15) is 10.4 Å². The van der Waals surface area contributed by atoms with Crippen LogP contribution in [0, 0.1) is 30.1 Å². The predicted octanol–water partition coefficient (Wildman–Crippen LogP) is 3.82. The summed E-state index contributed by atoms with van der Waals surface area (Å²) in [5.74, 6) is 1.67. The number of carbonyl (C=O) groups excluding carboxylic acids is 2. The Morgan fingerprint density at radius 1 is 1.25 bits per heavy atom. The Bertz CT molecular complexity index is 1420. The lowest BCUT2D eigenvalue weighted by molar-refractivity contribution is -0.118. The molecule has 0 spiro atoms. The van der Waals surface area contributed by atoms with Gasteiger partial charge in [0.15, 0.2) is 0 Å². The first-order chi connectivity index (χ1) is 17.4. The Morgan fingerprint density at radius 3 is 2.81 bits per heavy atom. The van der Waals surface area contributed by atoms with Gasteiger partial charge in [-0.25, -0.2) is 4.98 Å². The Hall–Kier alpha value is -3.70. The second-order valence-corrected chi connectivity index (χ2v) is 10.6. The molecule has 8 nitrogen and oxygen atoms in total. The zero-order chi connectivity index (χ0) is 25.0. The molecule has 3 heterocycles. The number of halogens is 1. The molecular formula is C27H25ClN6O2. The summed E-state index contributed by atoms with van der Waals surface area (Å²) in [5, 5.41) is 17.4. The molecule has 6 rings (SSSR count). The van der Waals surface area contributed by atoms with Crippen LogP contribution in [0.2, 0.25) is 5.02 Å². The minimum absolute atomic E-state index is 0.0506. The number of aromatic nitrogens is 3. The zero-order valence-corrected chi connectivity index (χ0v) is 20.6. The van der Waals surface area contributed by atoms with E-state index in [9.17, 15) is 14.9 Å². The zero-order valence-electron chi connectivity index (χ0n) is 19.8. The van der Waals surface area contributed by atoms with Crippen molar-refractivity contribution < 1.29 is 9.59 Å². The number of hydrogen-bond donors (Lipinski definition) is 1. The topological polar surface area (TPSA) is 104 Å². The van der Waals surface area contributed by atoms with E-state index in [1.165, 1.54) is 0 Å². The highest BCUT2D eigenvalue weighted by Gasteiger charge is 2.52. The van der Waals surface area contributed by atoms with Gasteiger partial charge in [0.05, 0.1) is 29.9 Å². The fraction of sp³-hybridized carbons (Fsp3) is 0.370. The van der Waals surface area contributed by atoms with E-state index in [1.807, 2.05) is 19.1 Å². The van der Waals surface area contributed by atoms with E-state index in [4.69, 9.17) is 11.6 Å². The largest absolute Gasteiger partial charge is 0.349 e. The summed E-state index contributed by atoms with van der Waals surface area (Å²) in [5.41, 5.74) is 4.11. The van der Waals surface area contributed by atoms with Gasteiger partial charge in [-0.15, -0.1) is 0 Å². The fourth-order valence-electron chi connectivity index (χ4n) is 5.34. The molecule has 2 atom stereocenters. The first-order valence-corrected chi connectivity index (χ1v) is 12.6. The number of hydrogen-bond acceptors (Lipinski definition) is 5. The maximum atomic E-state index is 12.8. The van der Waals surface area contributed by atoms with Gasteiger partial charge in [0.2, 0.25) is 5.91 Å². The van der Waals surface area contributed by atoms with E-state index in [-0.39, 0.29) is 29.7 Å². The lowest BCUT2D eigenvalue weighted by atomic mass is 9.74. The molecule has 1 aliphatic heterocycles. The van der Waals surface area contributed by atoms with Crippen LogP contribution < -0.4 is 10.2 Å². The molecule has 2 aromatic heterocycles. The van der Waals surface area contributed by atoms with Crippen LogP contribution in [0.15, 0.2) is 42.9 Å². The number of carbonyl (C=O) groups is 2. The Kier molecular flexibility index (Phi) is 5.53. The highest BCUT2D eigenvalue weighted by molar-refractivity contribution is 6.30. The number of benzene rings is 1. The number of aryl methyl sites for hydroxylation is 1. The molecule has 3 aromatic rings. The van der Waals surface area contributed by atoms with Gasteiger partial charge in [0.1, 0.15) is 5.82 Å². The molecule has 1 saturated heterocycles. The first kappa shape index (κ1) is 22.7. The van der Waals surface area contributed by atoms with Crippen LogP contribution in [0.3, 0.4) is 0 Å². The lowest BCUT2D eigenvalue weighted by Crippen LogP contribution is -2.43. The Labute approximate surface area is 213 Å². The van der Waals surface area contributed by atoms with Gasteiger partial charge in [-0.05, 0) is 79.0 Å². The van der Waals surface area contributed by atoms with Crippen LogP contribution in [-0.2, 0) is 11.3 Å². The average molecular weight is 501 g/mol. The van der Waals surface area contributed by atoms with E-state index in [2.05, 4.69) is 21.5 Å². The quantitative estimate of drug-likeness (QED) is 0.554. The summed E-state index contributed by atoms with van der Waals surface area (Å²) in [6.07, 6.45) is 7.67. The van der Waals surface area contributed by atoms with Crippen LogP contribution in [-0.4, -0.2) is 39.2 Å². The number of amides is 2. The summed E-state index contributed by atoms with van der Waals surface area (Å²) in [6, 6.07) is 9.55. The molecule has 182 valence electrons. The number of rotatable bonds is 6. The molecular weight excluding hydrogens is 476 g/mol. The highest BCUT2D eigenvalue weighted by Crippen LogP contribution is 2.47. The first-order valence-electron chi connectivity index (χ1n) is 12.2. The Balaban J connectivity index is 1.05. The summed E-state index contributed by atoms with van der Waals surface area (Å²) in [4.78, 5) is 31.4. The SMILES string of the molecule is Cc1cc(N2C[C@H]3C[C@H]3C2=O)ncc1Cn1cc(C(=O)NC2CC(c3cc(Cl)ccc3C#N)C2)cn1. The molecule has 1 aromatic carbocycles. The molecule has 2 saturated carbocycles. The smallest absolute Gasteiger partial charge is 0.254 e. The number of anilines is 1. The predicted molar refractivity (Wildman–Crippen MR) is 134 cm³/mol. The standard InChI is InChI=1S/C27H25ClN6O2/c1-15-4-25(34-14-18-7-24(18)27(34)36)30-10-19(15)12-33-13-20(11-31-33)26(35)32-22-5-17(6-22)23-8-21(28)3-2-16(23)9-29/h2-4,8,10-11,13,17-18,22,24H,5-7,12,14H2,1H3,(H,32,35)/t17?,18-,22?,24-/m1/s1. The van der Waals surface area contributed by atoms with E-state index in [0.717, 1.165) is 42.5 Å². The number of nitriles is 1. The van der Waals surface area contributed by atoms with Gasteiger partial charge in [-0.1, -0.05) is 11.6 Å². The number of nitrogens with one attached hydrogen (secondary N) is 1. The molecule has 0 radical (unpaired) electrons. The van der Waals surface area contributed by atoms with Crippen molar-refractivity contribution in [1.29, 1.82) is 5.26 Å². The molecule has 0 unspecified atom stereocenters. The number of fused-ring (bicyclic) bond motifs is 1.